The molecule has 3 rings (SSSR count). The Hall–Kier alpha value is -0.330. The monoisotopic (exact) mass is 165 g/mol. The van der Waals surface area contributed by atoms with E-state index in [1.54, 1.807) is 0 Å². The van der Waals surface area contributed by atoms with Crippen molar-refractivity contribution in [2.75, 3.05) is 0 Å². The summed E-state index contributed by atoms with van der Waals surface area (Å²) >= 11 is 0. The van der Waals surface area contributed by atoms with Crippen molar-refractivity contribution in [3.8, 4) is 0 Å². The second-order valence-corrected chi connectivity index (χ2v) is 4.79. The fourth-order valence-corrected chi connectivity index (χ4v) is 3.77. The third kappa shape index (κ3) is 0.681. The molecule has 0 aromatic rings. The van der Waals surface area contributed by atoms with E-state index in [2.05, 4.69) is 0 Å². The van der Waals surface area contributed by atoms with Gasteiger partial charge in [0, 0.05) is 13.2 Å². The molecule has 66 valence electrons. The third-order valence-electron chi connectivity index (χ3n) is 4.30. The molecule has 0 radical (unpaired) electrons. The minimum atomic E-state index is -0.150. The van der Waals surface area contributed by atoms with E-state index in [9.17, 15) is 4.79 Å². The van der Waals surface area contributed by atoms with E-state index >= 15 is 0 Å². The van der Waals surface area contributed by atoms with E-state index in [1.165, 1.54) is 19.3 Å². The predicted octanol–water partition coefficient (Wildman–Crippen LogP) is 2.55. The number of ketones is 1. The Morgan fingerprint density at radius 2 is 2.42 bits per heavy atom. The minimum Gasteiger partial charge on any atom is -0.299 e. The number of hydrogen-bond acceptors (Lipinski definition) is 1. The van der Waals surface area contributed by atoms with Crippen LogP contribution < -0.4 is 0 Å². The average molecular weight is 165 g/mol. The zero-order chi connectivity index (χ0) is 9.05. The SMILES string of the molecule is [2H]C1CCC(=O)C12CC1CCC2C1. The van der Waals surface area contributed by atoms with Gasteiger partial charge in [-0.1, -0.05) is 6.42 Å². The molecule has 0 aromatic carbocycles. The lowest BCUT2D eigenvalue weighted by Crippen LogP contribution is -2.31. The Kier molecular flexibility index (Phi) is 1.09. The highest BCUT2D eigenvalue weighted by Gasteiger charge is 2.56. The molecule has 0 amide bonds. The summed E-state index contributed by atoms with van der Waals surface area (Å²) in [4.78, 5) is 11.9. The Morgan fingerprint density at radius 3 is 2.92 bits per heavy atom. The van der Waals surface area contributed by atoms with Crippen molar-refractivity contribution < 1.29 is 6.17 Å². The molecule has 3 aliphatic carbocycles. The maximum atomic E-state index is 11.9. The Labute approximate surface area is 74.9 Å². The molecule has 0 N–H and O–H groups in total. The van der Waals surface area contributed by atoms with Gasteiger partial charge in [0.1, 0.15) is 5.78 Å². The van der Waals surface area contributed by atoms with E-state index in [0.717, 1.165) is 18.8 Å². The maximum Gasteiger partial charge on any atom is 0.139 e. The molecule has 0 saturated heterocycles. The lowest BCUT2D eigenvalue weighted by atomic mass is 9.71. The van der Waals surface area contributed by atoms with E-state index in [-0.39, 0.29) is 11.8 Å². The van der Waals surface area contributed by atoms with E-state index in [0.29, 0.717) is 18.1 Å². The Morgan fingerprint density at radius 1 is 1.50 bits per heavy atom. The summed E-state index contributed by atoms with van der Waals surface area (Å²) in [6.07, 6.45) is 6.33. The quantitative estimate of drug-likeness (QED) is 0.539. The van der Waals surface area contributed by atoms with E-state index < -0.39 is 0 Å². The lowest BCUT2D eigenvalue weighted by molar-refractivity contribution is -0.128. The summed E-state index contributed by atoms with van der Waals surface area (Å²) in [6.45, 7) is 0. The summed E-state index contributed by atoms with van der Waals surface area (Å²) in [5.74, 6) is 1.81. The van der Waals surface area contributed by atoms with Crippen LogP contribution in [0, 0.1) is 17.3 Å². The minimum absolute atomic E-state index is 0.0599. The molecule has 0 aromatic heterocycles. The molecule has 0 heterocycles. The first-order valence-electron chi connectivity index (χ1n) is 5.77. The van der Waals surface area contributed by atoms with Gasteiger partial charge >= 0.3 is 0 Å². The van der Waals surface area contributed by atoms with Crippen molar-refractivity contribution in [2.45, 2.75) is 44.9 Å². The average Bonchev–Trinajstić information content (AvgIpc) is 2.77. The molecule has 1 spiro atoms. The van der Waals surface area contributed by atoms with Gasteiger partial charge in [0.25, 0.3) is 0 Å². The van der Waals surface area contributed by atoms with Crippen LogP contribution in [0.2, 0.25) is 0 Å². The summed E-state index contributed by atoms with van der Waals surface area (Å²) in [7, 11) is 0. The fraction of sp³-hybridized carbons (Fsp3) is 0.909. The van der Waals surface area contributed by atoms with E-state index in [4.69, 9.17) is 1.37 Å². The highest BCUT2D eigenvalue weighted by Crippen LogP contribution is 2.61. The van der Waals surface area contributed by atoms with Crippen LogP contribution in [0.4, 0.5) is 0 Å². The zero-order valence-electron chi connectivity index (χ0n) is 8.38. The Bertz CT molecular complexity index is 263. The molecule has 3 saturated carbocycles. The van der Waals surface area contributed by atoms with Gasteiger partial charge in [-0.05, 0) is 43.9 Å². The zero-order valence-corrected chi connectivity index (χ0v) is 7.38. The highest BCUT2D eigenvalue weighted by atomic mass is 16.1. The normalized spacial score (nSPS) is 58.5. The van der Waals surface area contributed by atoms with Crippen LogP contribution in [0.15, 0.2) is 0 Å². The van der Waals surface area contributed by atoms with Crippen molar-refractivity contribution >= 4 is 5.78 Å². The molecule has 3 aliphatic rings. The first-order valence-corrected chi connectivity index (χ1v) is 5.19. The van der Waals surface area contributed by atoms with Crippen molar-refractivity contribution in [3.63, 3.8) is 0 Å². The number of Topliss-reactive ketones (excluding diaryl/α,β-unsaturated/α-hetero) is 1. The molecule has 4 atom stereocenters. The van der Waals surface area contributed by atoms with Gasteiger partial charge in [0.2, 0.25) is 0 Å². The topological polar surface area (TPSA) is 17.1 Å². The number of rotatable bonds is 0. The molecular weight excluding hydrogens is 148 g/mol. The van der Waals surface area contributed by atoms with Crippen LogP contribution in [0.25, 0.3) is 0 Å². The van der Waals surface area contributed by atoms with E-state index in [1.807, 2.05) is 0 Å². The second-order valence-electron chi connectivity index (χ2n) is 4.79. The third-order valence-corrected chi connectivity index (χ3v) is 4.30. The first kappa shape index (κ1) is 6.17. The summed E-state index contributed by atoms with van der Waals surface area (Å²) in [6, 6.07) is 0. The summed E-state index contributed by atoms with van der Waals surface area (Å²) < 4.78 is 8.04. The van der Waals surface area contributed by atoms with Crippen LogP contribution in [-0.4, -0.2) is 5.78 Å². The van der Waals surface area contributed by atoms with Crippen LogP contribution in [0.5, 0.6) is 0 Å². The van der Waals surface area contributed by atoms with Crippen LogP contribution in [-0.2, 0) is 4.79 Å². The molecule has 12 heavy (non-hydrogen) atoms. The summed E-state index contributed by atoms with van der Waals surface area (Å²) in [5.41, 5.74) is -0.150. The molecular formula is C11H16O. The van der Waals surface area contributed by atoms with Gasteiger partial charge in [0.05, 0.1) is 0 Å². The standard InChI is InChI=1S/C11H16O/c12-10-2-1-5-11(10)7-8-3-4-9(11)6-8/h8-9H,1-7H2/i5D. The highest BCUT2D eigenvalue weighted by molar-refractivity contribution is 5.87. The van der Waals surface area contributed by atoms with Crippen molar-refractivity contribution in [2.24, 2.45) is 17.3 Å². The van der Waals surface area contributed by atoms with Crippen LogP contribution >= 0.6 is 0 Å². The number of hydrogen-bond donors (Lipinski definition) is 0. The Balaban J connectivity index is 2.00. The number of fused-ring (bicyclic) bond motifs is 3. The van der Waals surface area contributed by atoms with Crippen molar-refractivity contribution in [3.05, 3.63) is 0 Å². The van der Waals surface area contributed by atoms with Gasteiger partial charge in [-0.25, -0.2) is 0 Å². The second kappa shape index (κ2) is 2.12. The predicted molar refractivity (Wildman–Crippen MR) is 46.7 cm³/mol. The fourth-order valence-electron chi connectivity index (χ4n) is 3.77. The molecule has 0 aliphatic heterocycles. The molecule has 4 unspecified atom stereocenters. The largest absolute Gasteiger partial charge is 0.299 e. The maximum absolute atomic E-state index is 11.9. The number of carbonyl (C=O) groups excluding carboxylic acids is 1. The molecule has 3 fully saturated rings. The van der Waals surface area contributed by atoms with Gasteiger partial charge < -0.3 is 0 Å². The molecule has 2 bridgehead atoms. The molecule has 1 heteroatoms. The number of carbonyl (C=O) groups is 1. The van der Waals surface area contributed by atoms with Crippen LogP contribution in [0.3, 0.4) is 0 Å². The van der Waals surface area contributed by atoms with Gasteiger partial charge in [0.15, 0.2) is 0 Å². The van der Waals surface area contributed by atoms with Gasteiger partial charge in [-0.2, -0.15) is 0 Å². The summed E-state index contributed by atoms with van der Waals surface area (Å²) in [5, 5.41) is 0. The smallest absolute Gasteiger partial charge is 0.139 e. The van der Waals surface area contributed by atoms with Crippen molar-refractivity contribution in [1.82, 2.24) is 0 Å². The molecule has 1 nitrogen and oxygen atoms in total. The first-order chi connectivity index (χ1) is 6.23. The lowest BCUT2D eigenvalue weighted by Gasteiger charge is -2.31. The van der Waals surface area contributed by atoms with Crippen molar-refractivity contribution in [1.29, 1.82) is 0 Å². The van der Waals surface area contributed by atoms with Gasteiger partial charge in [-0.3, -0.25) is 4.79 Å². The van der Waals surface area contributed by atoms with Gasteiger partial charge in [-0.15, -0.1) is 0 Å². The van der Waals surface area contributed by atoms with Crippen LogP contribution in [0.1, 0.15) is 46.3 Å².